The van der Waals surface area contributed by atoms with Gasteiger partial charge in [0.1, 0.15) is 11.0 Å². The van der Waals surface area contributed by atoms with Crippen LogP contribution in [0, 0.1) is 10.1 Å². The molecule has 0 aliphatic carbocycles. The largest absolute Gasteiger partial charge is 0.404 e. The van der Waals surface area contributed by atoms with Gasteiger partial charge in [-0.05, 0) is 20.9 Å². The molecule has 1 heterocycles. The highest BCUT2D eigenvalue weighted by atomic mass is 79.9. The van der Waals surface area contributed by atoms with Crippen molar-refractivity contribution in [2.45, 2.75) is 6.54 Å². The first-order valence-electron chi connectivity index (χ1n) is 4.38. The first kappa shape index (κ1) is 12.6. The van der Waals surface area contributed by atoms with E-state index in [2.05, 4.69) is 26.3 Å². The Morgan fingerprint density at radius 3 is 2.94 bits per heavy atom. The van der Waals surface area contributed by atoms with E-state index >= 15 is 0 Å². The van der Waals surface area contributed by atoms with Gasteiger partial charge in [-0.2, -0.15) is 4.68 Å². The first-order chi connectivity index (χ1) is 7.54. The molecular weight excluding hydrogens is 282 g/mol. The molecule has 0 aromatic carbocycles. The zero-order chi connectivity index (χ0) is 12.1. The van der Waals surface area contributed by atoms with Crippen LogP contribution in [0.1, 0.15) is 0 Å². The zero-order valence-corrected chi connectivity index (χ0v) is 9.81. The number of nitrogens with zero attached hydrogens (tertiary/aromatic N) is 3. The lowest BCUT2D eigenvalue weighted by Gasteiger charge is -2.00. The maximum absolute atomic E-state index is 11.2. The summed E-state index contributed by atoms with van der Waals surface area (Å²) in [5.74, 6) is -0.609. The lowest BCUT2D eigenvalue weighted by molar-refractivity contribution is -0.390. The fraction of sp³-hybridized carbons (Fsp3) is 0.429. The lowest BCUT2D eigenvalue weighted by atomic mass is 10.5. The predicted octanol–water partition coefficient (Wildman–Crippen LogP) is -0.371. The molecule has 0 radical (unpaired) electrons. The molecule has 9 heteroatoms. The van der Waals surface area contributed by atoms with Crippen molar-refractivity contribution >= 4 is 27.7 Å². The summed E-state index contributed by atoms with van der Waals surface area (Å²) in [6.07, 6.45) is 1.38. The number of aromatic nitrogens is 2. The van der Waals surface area contributed by atoms with Crippen LogP contribution in [-0.2, 0) is 11.3 Å². The number of nitrogens with one attached hydrogen (secondary N) is 1. The molecular formula is C7H10BrN5O3. The van der Waals surface area contributed by atoms with Gasteiger partial charge >= 0.3 is 5.82 Å². The van der Waals surface area contributed by atoms with E-state index in [9.17, 15) is 14.9 Å². The second kappa shape index (κ2) is 5.56. The number of nitro groups is 1. The second-order valence-electron chi connectivity index (χ2n) is 2.89. The van der Waals surface area contributed by atoms with Gasteiger partial charge in [-0.3, -0.25) is 4.79 Å². The highest BCUT2D eigenvalue weighted by Gasteiger charge is 2.19. The molecule has 0 saturated heterocycles. The van der Waals surface area contributed by atoms with E-state index in [1.165, 1.54) is 10.9 Å². The molecule has 0 aliphatic rings. The zero-order valence-electron chi connectivity index (χ0n) is 8.22. The highest BCUT2D eigenvalue weighted by Crippen LogP contribution is 2.21. The Morgan fingerprint density at radius 2 is 2.44 bits per heavy atom. The van der Waals surface area contributed by atoms with E-state index in [1.54, 1.807) is 0 Å². The normalized spacial score (nSPS) is 10.1. The predicted molar refractivity (Wildman–Crippen MR) is 58.6 cm³/mol. The number of amides is 1. The summed E-state index contributed by atoms with van der Waals surface area (Å²) in [4.78, 5) is 21.1. The minimum absolute atomic E-state index is 0.0769. The van der Waals surface area contributed by atoms with E-state index in [1.807, 2.05) is 0 Å². The average molecular weight is 292 g/mol. The van der Waals surface area contributed by atoms with Crippen LogP contribution in [0.5, 0.6) is 0 Å². The van der Waals surface area contributed by atoms with Gasteiger partial charge in [-0.25, -0.2) is 0 Å². The Labute approximate surface area is 99.1 Å². The number of nitrogens with two attached hydrogens (primary N) is 1. The van der Waals surface area contributed by atoms with Crippen LogP contribution in [0.3, 0.4) is 0 Å². The van der Waals surface area contributed by atoms with Crippen molar-refractivity contribution < 1.29 is 9.72 Å². The summed E-state index contributed by atoms with van der Waals surface area (Å²) < 4.78 is 1.43. The summed E-state index contributed by atoms with van der Waals surface area (Å²) in [5, 5.41) is 16.6. The van der Waals surface area contributed by atoms with Crippen LogP contribution in [0.2, 0.25) is 0 Å². The minimum atomic E-state index is -0.627. The van der Waals surface area contributed by atoms with Gasteiger partial charge in [0.15, 0.2) is 0 Å². The fourth-order valence-electron chi connectivity index (χ4n) is 1.01. The molecule has 3 N–H and O–H groups in total. The maximum atomic E-state index is 11.2. The molecule has 0 fully saturated rings. The van der Waals surface area contributed by atoms with E-state index < -0.39 is 4.92 Å². The van der Waals surface area contributed by atoms with Gasteiger partial charge in [0.05, 0.1) is 11.3 Å². The van der Waals surface area contributed by atoms with Crippen LogP contribution in [0.4, 0.5) is 5.82 Å². The highest BCUT2D eigenvalue weighted by molar-refractivity contribution is 9.10. The Hall–Kier alpha value is -1.48. The standard InChI is InChI=1S/C7H10BrN5O3/c8-5-3-12(11-7(5)13(15)16)4-6(14)10-2-1-9/h3H,1-2,4,9H2,(H,10,14). The van der Waals surface area contributed by atoms with Crippen molar-refractivity contribution in [3.63, 3.8) is 0 Å². The Balaban J connectivity index is 2.64. The van der Waals surface area contributed by atoms with Crippen LogP contribution >= 0.6 is 15.9 Å². The van der Waals surface area contributed by atoms with E-state index in [-0.39, 0.29) is 22.7 Å². The third kappa shape index (κ3) is 3.28. The Morgan fingerprint density at radius 1 is 1.75 bits per heavy atom. The van der Waals surface area contributed by atoms with Gasteiger partial charge in [0.2, 0.25) is 5.91 Å². The molecule has 1 amide bonds. The molecule has 0 aliphatic heterocycles. The Kier molecular flexibility index (Phi) is 4.38. The first-order valence-corrected chi connectivity index (χ1v) is 5.18. The number of carbonyl (C=O) groups is 1. The third-order valence-electron chi connectivity index (χ3n) is 1.64. The molecule has 0 saturated carbocycles. The van der Waals surface area contributed by atoms with Crippen LogP contribution in [0.25, 0.3) is 0 Å². The van der Waals surface area contributed by atoms with Crippen molar-refractivity contribution in [2.24, 2.45) is 5.73 Å². The van der Waals surface area contributed by atoms with Crippen molar-refractivity contribution in [3.05, 3.63) is 20.8 Å². The van der Waals surface area contributed by atoms with E-state index in [4.69, 9.17) is 5.73 Å². The SMILES string of the molecule is NCCNC(=O)Cn1cc(Br)c([N+](=O)[O-])n1. The van der Waals surface area contributed by atoms with Crippen LogP contribution in [0.15, 0.2) is 10.7 Å². The number of rotatable bonds is 5. The van der Waals surface area contributed by atoms with Gasteiger partial charge < -0.3 is 21.2 Å². The fourth-order valence-corrected chi connectivity index (χ4v) is 1.47. The van der Waals surface area contributed by atoms with Crippen molar-refractivity contribution in [3.8, 4) is 0 Å². The van der Waals surface area contributed by atoms with Crippen LogP contribution < -0.4 is 11.1 Å². The molecule has 88 valence electrons. The van der Waals surface area contributed by atoms with E-state index in [0.29, 0.717) is 13.1 Å². The minimum Gasteiger partial charge on any atom is -0.358 e. The van der Waals surface area contributed by atoms with Crippen LogP contribution in [-0.4, -0.2) is 33.7 Å². The summed E-state index contributed by atoms with van der Waals surface area (Å²) in [5.41, 5.74) is 5.20. The quantitative estimate of drug-likeness (QED) is 0.567. The molecule has 1 aromatic heterocycles. The third-order valence-corrected chi connectivity index (χ3v) is 2.20. The summed E-state index contributed by atoms with van der Waals surface area (Å²) in [6, 6.07) is 0. The van der Waals surface area contributed by atoms with Crippen molar-refractivity contribution in [2.75, 3.05) is 13.1 Å². The molecule has 0 bridgehead atoms. The number of carbonyl (C=O) groups excluding carboxylic acids is 1. The molecule has 1 aromatic rings. The number of hydrogen-bond acceptors (Lipinski definition) is 5. The second-order valence-corrected chi connectivity index (χ2v) is 3.75. The van der Waals surface area contributed by atoms with Gasteiger partial charge in [-0.15, -0.1) is 0 Å². The maximum Gasteiger partial charge on any atom is 0.404 e. The Bertz CT molecular complexity index is 405. The molecule has 0 unspecified atom stereocenters. The summed E-state index contributed by atoms with van der Waals surface area (Å²) in [6.45, 7) is 0.629. The molecule has 8 nitrogen and oxygen atoms in total. The molecule has 0 atom stereocenters. The van der Waals surface area contributed by atoms with E-state index in [0.717, 1.165) is 0 Å². The van der Waals surface area contributed by atoms with Gasteiger partial charge in [-0.1, -0.05) is 0 Å². The van der Waals surface area contributed by atoms with Crippen molar-refractivity contribution in [1.82, 2.24) is 15.1 Å². The molecule has 0 spiro atoms. The summed E-state index contributed by atoms with van der Waals surface area (Å²) >= 11 is 2.98. The summed E-state index contributed by atoms with van der Waals surface area (Å²) in [7, 11) is 0. The molecule has 1 rings (SSSR count). The number of hydrogen-bond donors (Lipinski definition) is 2. The molecule has 16 heavy (non-hydrogen) atoms. The monoisotopic (exact) mass is 291 g/mol. The topological polar surface area (TPSA) is 116 Å². The van der Waals surface area contributed by atoms with Crippen molar-refractivity contribution in [1.29, 1.82) is 0 Å². The smallest absolute Gasteiger partial charge is 0.358 e. The average Bonchev–Trinajstić information content (AvgIpc) is 2.56. The van der Waals surface area contributed by atoms with Gasteiger partial charge in [0.25, 0.3) is 0 Å². The van der Waals surface area contributed by atoms with Gasteiger partial charge in [0, 0.05) is 13.1 Å². The number of halogens is 1. The lowest BCUT2D eigenvalue weighted by Crippen LogP contribution is -2.32.